The highest BCUT2D eigenvalue weighted by molar-refractivity contribution is 6.21. The number of hydrogen-bond donors (Lipinski definition) is 0. The van der Waals surface area contributed by atoms with E-state index in [1.165, 1.54) is 4.90 Å². The Balaban J connectivity index is 1.69. The molecule has 1 aromatic carbocycles. The molecule has 0 saturated heterocycles. The first-order valence-electron chi connectivity index (χ1n) is 7.78. The molecule has 1 heterocycles. The number of rotatable bonds is 9. The smallest absolute Gasteiger partial charge is 0.261 e. The molecule has 0 unspecified atom stereocenters. The van der Waals surface area contributed by atoms with E-state index < -0.39 is 0 Å². The number of nitrogens with zero attached hydrogens (tertiary/aromatic N) is 1. The molecule has 0 radical (unpaired) electrons. The van der Waals surface area contributed by atoms with Crippen LogP contribution in [0.1, 0.15) is 59.7 Å². The van der Waals surface area contributed by atoms with Crippen LogP contribution >= 0.6 is 0 Å². The second kappa shape index (κ2) is 7.93. The van der Waals surface area contributed by atoms with Crippen molar-refractivity contribution in [3.05, 3.63) is 35.4 Å². The monoisotopic (exact) mass is 289 g/mol. The van der Waals surface area contributed by atoms with E-state index in [4.69, 9.17) is 4.74 Å². The van der Waals surface area contributed by atoms with E-state index in [-0.39, 0.29) is 11.8 Å². The van der Waals surface area contributed by atoms with Crippen LogP contribution < -0.4 is 0 Å². The lowest BCUT2D eigenvalue weighted by Crippen LogP contribution is -2.30. The Bertz CT molecular complexity index is 464. The van der Waals surface area contributed by atoms with Crippen molar-refractivity contribution in [1.82, 2.24) is 4.90 Å². The molecule has 0 saturated carbocycles. The Morgan fingerprint density at radius 3 is 2.14 bits per heavy atom. The van der Waals surface area contributed by atoms with Crippen molar-refractivity contribution in [3.8, 4) is 0 Å². The lowest BCUT2D eigenvalue weighted by molar-refractivity contribution is 0.0650. The van der Waals surface area contributed by atoms with Gasteiger partial charge >= 0.3 is 0 Å². The number of hydrogen-bond acceptors (Lipinski definition) is 3. The molecule has 2 amide bonds. The maximum atomic E-state index is 12.1. The van der Waals surface area contributed by atoms with Crippen LogP contribution in [0.3, 0.4) is 0 Å². The van der Waals surface area contributed by atoms with Gasteiger partial charge in [-0.3, -0.25) is 14.5 Å². The number of ether oxygens (including phenoxy) is 1. The van der Waals surface area contributed by atoms with Crippen LogP contribution in [0.25, 0.3) is 0 Å². The van der Waals surface area contributed by atoms with Gasteiger partial charge in [0.1, 0.15) is 0 Å². The van der Waals surface area contributed by atoms with Crippen molar-refractivity contribution in [1.29, 1.82) is 0 Å². The molecule has 1 aromatic rings. The molecule has 114 valence electrons. The summed E-state index contributed by atoms with van der Waals surface area (Å²) in [6, 6.07) is 7.04. The summed E-state index contributed by atoms with van der Waals surface area (Å²) in [5.74, 6) is -0.302. The van der Waals surface area contributed by atoms with Gasteiger partial charge in [0.25, 0.3) is 11.8 Å². The summed E-state index contributed by atoms with van der Waals surface area (Å²) >= 11 is 0. The van der Waals surface area contributed by atoms with E-state index in [0.29, 0.717) is 17.7 Å². The van der Waals surface area contributed by atoms with E-state index in [9.17, 15) is 9.59 Å². The van der Waals surface area contributed by atoms with Crippen LogP contribution in [0.2, 0.25) is 0 Å². The number of benzene rings is 1. The molecule has 0 bridgehead atoms. The van der Waals surface area contributed by atoms with Crippen molar-refractivity contribution in [2.45, 2.75) is 39.0 Å². The molecule has 4 nitrogen and oxygen atoms in total. The minimum atomic E-state index is -0.151. The van der Waals surface area contributed by atoms with Gasteiger partial charge in [0.15, 0.2) is 0 Å². The second-order valence-corrected chi connectivity index (χ2v) is 5.33. The Morgan fingerprint density at radius 1 is 0.905 bits per heavy atom. The quantitative estimate of drug-likeness (QED) is 0.518. The molecule has 0 aromatic heterocycles. The first kappa shape index (κ1) is 15.7. The predicted octanol–water partition coefficient (Wildman–Crippen LogP) is 3.27. The van der Waals surface area contributed by atoms with E-state index in [1.807, 2.05) is 0 Å². The van der Waals surface area contributed by atoms with Gasteiger partial charge in [-0.2, -0.15) is 0 Å². The fourth-order valence-electron chi connectivity index (χ4n) is 2.52. The zero-order valence-corrected chi connectivity index (χ0v) is 12.6. The maximum absolute atomic E-state index is 12.1. The molecule has 2 rings (SSSR count). The highest BCUT2D eigenvalue weighted by atomic mass is 16.5. The van der Waals surface area contributed by atoms with Crippen molar-refractivity contribution in [2.24, 2.45) is 0 Å². The van der Waals surface area contributed by atoms with Crippen LogP contribution in [0, 0.1) is 0 Å². The number of carbonyl (C=O) groups excluding carboxylic acids is 2. The zero-order valence-electron chi connectivity index (χ0n) is 12.6. The highest BCUT2D eigenvalue weighted by Crippen LogP contribution is 2.22. The van der Waals surface area contributed by atoms with Gasteiger partial charge in [0.05, 0.1) is 11.1 Å². The van der Waals surface area contributed by atoms with Crippen LogP contribution in [0.5, 0.6) is 0 Å². The third kappa shape index (κ3) is 3.91. The summed E-state index contributed by atoms with van der Waals surface area (Å²) in [7, 11) is 0. The van der Waals surface area contributed by atoms with E-state index in [1.54, 1.807) is 24.3 Å². The minimum Gasteiger partial charge on any atom is -0.381 e. The summed E-state index contributed by atoms with van der Waals surface area (Å²) in [4.78, 5) is 25.6. The van der Waals surface area contributed by atoms with E-state index in [2.05, 4.69) is 6.92 Å². The molecule has 1 aliphatic rings. The van der Waals surface area contributed by atoms with Crippen molar-refractivity contribution in [2.75, 3.05) is 19.8 Å². The molecular weight excluding hydrogens is 266 g/mol. The predicted molar refractivity (Wildman–Crippen MR) is 81.4 cm³/mol. The van der Waals surface area contributed by atoms with Gasteiger partial charge < -0.3 is 4.74 Å². The van der Waals surface area contributed by atoms with Gasteiger partial charge in [0, 0.05) is 19.8 Å². The molecule has 0 N–H and O–H groups in total. The first-order valence-corrected chi connectivity index (χ1v) is 7.78. The second-order valence-electron chi connectivity index (χ2n) is 5.33. The Kier molecular flexibility index (Phi) is 5.93. The van der Waals surface area contributed by atoms with Gasteiger partial charge in [-0.1, -0.05) is 31.9 Å². The van der Waals surface area contributed by atoms with Crippen LogP contribution in [0.15, 0.2) is 24.3 Å². The molecule has 0 spiro atoms. The summed E-state index contributed by atoms with van der Waals surface area (Å²) in [5.41, 5.74) is 1.07. The van der Waals surface area contributed by atoms with Crippen LogP contribution in [-0.4, -0.2) is 36.5 Å². The zero-order chi connectivity index (χ0) is 15.1. The Morgan fingerprint density at radius 2 is 1.52 bits per heavy atom. The minimum absolute atomic E-state index is 0.151. The number of carbonyl (C=O) groups is 2. The normalized spacial score (nSPS) is 13.9. The Hall–Kier alpha value is -1.68. The summed E-state index contributed by atoms with van der Waals surface area (Å²) in [6.45, 7) is 4.25. The van der Waals surface area contributed by atoms with Gasteiger partial charge in [-0.25, -0.2) is 0 Å². The SMILES string of the molecule is CCCOCCCCCCN1C(=O)c2ccccc2C1=O. The van der Waals surface area contributed by atoms with E-state index >= 15 is 0 Å². The average Bonchev–Trinajstić information content (AvgIpc) is 2.75. The number of amides is 2. The summed E-state index contributed by atoms with van der Waals surface area (Å²) in [5, 5.41) is 0. The molecule has 0 fully saturated rings. The maximum Gasteiger partial charge on any atom is 0.261 e. The number of fused-ring (bicyclic) bond motifs is 1. The fraction of sp³-hybridized carbons (Fsp3) is 0.529. The molecule has 4 heteroatoms. The summed E-state index contributed by atoms with van der Waals surface area (Å²) < 4.78 is 5.42. The molecule has 0 atom stereocenters. The van der Waals surface area contributed by atoms with Crippen LogP contribution in [-0.2, 0) is 4.74 Å². The average molecular weight is 289 g/mol. The summed E-state index contributed by atoms with van der Waals surface area (Å²) in [6.07, 6.45) is 5.05. The number of unbranched alkanes of at least 4 members (excludes halogenated alkanes) is 3. The Labute approximate surface area is 126 Å². The lowest BCUT2D eigenvalue weighted by Gasteiger charge is -2.13. The third-order valence-electron chi connectivity index (χ3n) is 3.65. The molecule has 1 aliphatic heterocycles. The molecular formula is C17H23NO3. The molecule has 0 aliphatic carbocycles. The fourth-order valence-corrected chi connectivity index (χ4v) is 2.52. The van der Waals surface area contributed by atoms with Gasteiger partial charge in [-0.05, 0) is 31.4 Å². The third-order valence-corrected chi connectivity index (χ3v) is 3.65. The van der Waals surface area contributed by atoms with Crippen molar-refractivity contribution in [3.63, 3.8) is 0 Å². The van der Waals surface area contributed by atoms with Crippen molar-refractivity contribution >= 4 is 11.8 Å². The molecule has 21 heavy (non-hydrogen) atoms. The number of imide groups is 1. The largest absolute Gasteiger partial charge is 0.381 e. The van der Waals surface area contributed by atoms with Gasteiger partial charge in [-0.15, -0.1) is 0 Å². The van der Waals surface area contributed by atoms with E-state index in [0.717, 1.165) is 45.3 Å². The van der Waals surface area contributed by atoms with Crippen LogP contribution in [0.4, 0.5) is 0 Å². The standard InChI is InChI=1S/C17H23NO3/c1-2-12-21-13-8-4-3-7-11-18-16(19)14-9-5-6-10-15(14)17(18)20/h5-6,9-10H,2-4,7-8,11-13H2,1H3. The topological polar surface area (TPSA) is 46.6 Å². The lowest BCUT2D eigenvalue weighted by atomic mass is 10.1. The first-order chi connectivity index (χ1) is 10.3. The van der Waals surface area contributed by atoms with Crippen molar-refractivity contribution < 1.29 is 14.3 Å². The highest BCUT2D eigenvalue weighted by Gasteiger charge is 2.34. The van der Waals surface area contributed by atoms with Gasteiger partial charge in [0.2, 0.25) is 0 Å².